The molecule has 0 saturated heterocycles. The summed E-state index contributed by atoms with van der Waals surface area (Å²) in [6.07, 6.45) is 0. The second kappa shape index (κ2) is 6.14. The maximum atomic E-state index is 13.2. The Hall–Kier alpha value is -3.73. The second-order valence-electron chi connectivity index (χ2n) is 7.65. The van der Waals surface area contributed by atoms with Gasteiger partial charge >= 0.3 is 5.63 Å². The van der Waals surface area contributed by atoms with Crippen molar-refractivity contribution < 1.29 is 9.21 Å². The molecule has 1 aliphatic heterocycles. The van der Waals surface area contributed by atoms with Crippen molar-refractivity contribution in [3.8, 4) is 11.3 Å². The molecule has 5 heteroatoms. The Labute approximate surface area is 167 Å². The van der Waals surface area contributed by atoms with Crippen molar-refractivity contribution in [2.75, 3.05) is 4.90 Å². The molecule has 0 unspecified atom stereocenters. The highest BCUT2D eigenvalue weighted by Crippen LogP contribution is 2.46. The first-order valence-corrected chi connectivity index (χ1v) is 9.41. The van der Waals surface area contributed by atoms with E-state index in [9.17, 15) is 9.59 Å². The van der Waals surface area contributed by atoms with Gasteiger partial charge in [-0.3, -0.25) is 9.69 Å². The molecule has 29 heavy (non-hydrogen) atoms. The fourth-order valence-corrected chi connectivity index (χ4v) is 3.84. The molecule has 0 saturated carbocycles. The highest BCUT2D eigenvalue weighted by molar-refractivity contribution is 6.13. The predicted molar refractivity (Wildman–Crippen MR) is 112 cm³/mol. The van der Waals surface area contributed by atoms with Crippen molar-refractivity contribution in [1.29, 1.82) is 0 Å². The van der Waals surface area contributed by atoms with Gasteiger partial charge in [0, 0.05) is 17.3 Å². The Morgan fingerprint density at radius 1 is 0.897 bits per heavy atom. The number of para-hydroxylation sites is 1. The van der Waals surface area contributed by atoms with Gasteiger partial charge < -0.3 is 4.42 Å². The zero-order chi connectivity index (χ0) is 20.2. The van der Waals surface area contributed by atoms with E-state index in [1.165, 1.54) is 0 Å². The molecule has 0 radical (unpaired) electrons. The lowest BCUT2D eigenvalue weighted by atomic mass is 9.86. The fraction of sp³-hybridized carbons (Fsp3) is 0.125. The Bertz CT molecular complexity index is 1310. The molecule has 3 aromatic carbocycles. The monoisotopic (exact) mass is 382 g/mol. The van der Waals surface area contributed by atoms with Crippen LogP contribution >= 0.6 is 0 Å². The lowest BCUT2D eigenvalue weighted by Gasteiger charge is -2.20. The minimum atomic E-state index is -0.718. The number of benzene rings is 3. The lowest BCUT2D eigenvalue weighted by Crippen LogP contribution is -2.33. The molecule has 0 bridgehead atoms. The summed E-state index contributed by atoms with van der Waals surface area (Å²) in [5, 5.41) is 0. The molecule has 5 rings (SSSR count). The lowest BCUT2D eigenvalue weighted by molar-refractivity contribution is -0.121. The summed E-state index contributed by atoms with van der Waals surface area (Å²) in [7, 11) is 0. The summed E-state index contributed by atoms with van der Waals surface area (Å²) < 4.78 is 5.60. The van der Waals surface area contributed by atoms with E-state index in [2.05, 4.69) is 4.98 Å². The zero-order valence-corrected chi connectivity index (χ0v) is 16.0. The number of carbonyl (C=O) groups excluding carboxylic acids is 1. The van der Waals surface area contributed by atoms with E-state index in [0.29, 0.717) is 16.7 Å². The summed E-state index contributed by atoms with van der Waals surface area (Å²) in [6, 6.07) is 22.3. The van der Waals surface area contributed by atoms with E-state index < -0.39 is 11.0 Å². The van der Waals surface area contributed by atoms with Crippen molar-refractivity contribution in [3.63, 3.8) is 0 Å². The topological polar surface area (TPSA) is 63.4 Å². The van der Waals surface area contributed by atoms with Crippen LogP contribution in [-0.4, -0.2) is 10.9 Å². The first-order chi connectivity index (χ1) is 14.0. The number of rotatable bonds is 2. The van der Waals surface area contributed by atoms with Crippen LogP contribution in [0, 0.1) is 0 Å². The molecule has 1 aromatic heterocycles. The smallest absolute Gasteiger partial charge is 0.363 e. The number of aromatic nitrogens is 1. The predicted octanol–water partition coefficient (Wildman–Crippen LogP) is 4.81. The standard InChI is InChI=1S/C24H18N2O3/c1-24(2)17-13-18-20(29-22(27)21(25-18)15-9-5-3-6-10-15)14-19(17)26(23(24)28)16-11-7-4-8-12-16/h3-14H,1-2H3. The molecule has 1 amide bonds. The average Bonchev–Trinajstić information content (AvgIpc) is 2.92. The van der Waals surface area contributed by atoms with Crippen LogP contribution in [0.1, 0.15) is 19.4 Å². The van der Waals surface area contributed by atoms with Gasteiger partial charge in [-0.25, -0.2) is 9.78 Å². The summed E-state index contributed by atoms with van der Waals surface area (Å²) in [4.78, 5) is 32.1. The van der Waals surface area contributed by atoms with Gasteiger partial charge in [-0.1, -0.05) is 48.5 Å². The minimum Gasteiger partial charge on any atom is -0.419 e. The molecule has 0 atom stereocenters. The third kappa shape index (κ3) is 2.58. The SMILES string of the molecule is CC1(C)C(=O)N(c2ccccc2)c2cc3oc(=O)c(-c4ccccc4)nc3cc21. The Morgan fingerprint density at radius 2 is 1.55 bits per heavy atom. The third-order valence-electron chi connectivity index (χ3n) is 5.42. The Balaban J connectivity index is 1.76. The van der Waals surface area contributed by atoms with Gasteiger partial charge in [0.05, 0.1) is 11.1 Å². The van der Waals surface area contributed by atoms with Crippen LogP contribution in [-0.2, 0) is 10.2 Å². The number of fused-ring (bicyclic) bond motifs is 2. The van der Waals surface area contributed by atoms with Crippen LogP contribution in [0.15, 0.2) is 82.0 Å². The molecule has 5 nitrogen and oxygen atoms in total. The molecular formula is C24H18N2O3. The van der Waals surface area contributed by atoms with Gasteiger partial charge in [-0.15, -0.1) is 0 Å². The number of hydrogen-bond donors (Lipinski definition) is 0. The second-order valence-corrected chi connectivity index (χ2v) is 7.65. The van der Waals surface area contributed by atoms with E-state index in [1.807, 2.05) is 80.6 Å². The molecule has 142 valence electrons. The average molecular weight is 382 g/mol. The number of nitrogens with zero attached hydrogens (tertiary/aromatic N) is 2. The summed E-state index contributed by atoms with van der Waals surface area (Å²) in [5.41, 5.74) is 3.01. The van der Waals surface area contributed by atoms with Gasteiger partial charge in [-0.05, 0) is 37.6 Å². The highest BCUT2D eigenvalue weighted by Gasteiger charge is 2.45. The number of anilines is 2. The molecule has 0 N–H and O–H groups in total. The van der Waals surface area contributed by atoms with E-state index >= 15 is 0 Å². The minimum absolute atomic E-state index is 0.0281. The Morgan fingerprint density at radius 3 is 2.24 bits per heavy atom. The number of hydrogen-bond acceptors (Lipinski definition) is 4. The van der Waals surface area contributed by atoms with Crippen LogP contribution in [0.3, 0.4) is 0 Å². The summed E-state index contributed by atoms with van der Waals surface area (Å²) in [5.74, 6) is -0.0281. The maximum Gasteiger partial charge on any atom is 0.363 e. The molecular weight excluding hydrogens is 364 g/mol. The van der Waals surface area contributed by atoms with Crippen molar-refractivity contribution in [2.45, 2.75) is 19.3 Å². The molecule has 0 fully saturated rings. The number of amides is 1. The number of carbonyl (C=O) groups is 1. The van der Waals surface area contributed by atoms with Gasteiger partial charge in [0.1, 0.15) is 5.52 Å². The van der Waals surface area contributed by atoms with Crippen LogP contribution in [0.4, 0.5) is 11.4 Å². The Kier molecular flexibility index (Phi) is 3.68. The van der Waals surface area contributed by atoms with Crippen molar-refractivity contribution in [1.82, 2.24) is 4.98 Å². The van der Waals surface area contributed by atoms with Crippen molar-refractivity contribution in [2.24, 2.45) is 0 Å². The first-order valence-electron chi connectivity index (χ1n) is 9.41. The van der Waals surface area contributed by atoms with Crippen molar-refractivity contribution in [3.05, 3.63) is 88.8 Å². The van der Waals surface area contributed by atoms with E-state index in [1.54, 1.807) is 11.0 Å². The summed E-state index contributed by atoms with van der Waals surface area (Å²) in [6.45, 7) is 3.81. The van der Waals surface area contributed by atoms with Crippen LogP contribution in [0.2, 0.25) is 0 Å². The quantitative estimate of drug-likeness (QED) is 0.499. The summed E-state index contributed by atoms with van der Waals surface area (Å²) >= 11 is 0. The van der Waals surface area contributed by atoms with E-state index in [0.717, 1.165) is 16.9 Å². The zero-order valence-electron chi connectivity index (χ0n) is 16.0. The normalized spacial score (nSPS) is 15.0. The maximum absolute atomic E-state index is 13.2. The van der Waals surface area contributed by atoms with Gasteiger partial charge in [-0.2, -0.15) is 0 Å². The van der Waals surface area contributed by atoms with Gasteiger partial charge in [0.25, 0.3) is 0 Å². The molecule has 1 aliphatic rings. The van der Waals surface area contributed by atoms with E-state index in [-0.39, 0.29) is 11.6 Å². The van der Waals surface area contributed by atoms with Gasteiger partial charge in [0.15, 0.2) is 11.3 Å². The third-order valence-corrected chi connectivity index (χ3v) is 5.42. The van der Waals surface area contributed by atoms with Gasteiger partial charge in [0.2, 0.25) is 5.91 Å². The van der Waals surface area contributed by atoms with Crippen LogP contribution in [0.25, 0.3) is 22.4 Å². The highest BCUT2D eigenvalue weighted by atomic mass is 16.4. The molecule has 4 aromatic rings. The molecule has 2 heterocycles. The fourth-order valence-electron chi connectivity index (χ4n) is 3.84. The van der Waals surface area contributed by atoms with Crippen LogP contribution < -0.4 is 10.5 Å². The van der Waals surface area contributed by atoms with Crippen LogP contribution in [0.5, 0.6) is 0 Å². The van der Waals surface area contributed by atoms with Crippen molar-refractivity contribution >= 4 is 28.4 Å². The first kappa shape index (κ1) is 17.4. The van der Waals surface area contributed by atoms with E-state index in [4.69, 9.17) is 4.42 Å². The molecule has 0 spiro atoms. The largest absolute Gasteiger partial charge is 0.419 e. The molecule has 0 aliphatic carbocycles.